The zero-order chi connectivity index (χ0) is 24.3. The van der Waals surface area contributed by atoms with E-state index in [1.165, 1.54) is 37.7 Å². The molecule has 1 aliphatic rings. The zero-order valence-electron chi connectivity index (χ0n) is 19.3. The molecule has 3 aromatic carbocycles. The topological polar surface area (TPSA) is 9.23 Å². The van der Waals surface area contributed by atoms with Crippen molar-refractivity contribution in [2.45, 2.75) is 77.0 Å². The molecule has 0 amide bonds. The van der Waals surface area contributed by atoms with Crippen LogP contribution in [0.25, 0.3) is 10.8 Å². The summed E-state index contributed by atoms with van der Waals surface area (Å²) in [6.07, 6.45) is 3.34. The van der Waals surface area contributed by atoms with E-state index in [1.54, 1.807) is 0 Å². The number of benzene rings is 3. The lowest BCUT2D eigenvalue weighted by Gasteiger charge is -2.26. The third-order valence-corrected chi connectivity index (χ3v) is 6.77. The predicted octanol–water partition coefficient (Wildman–Crippen LogP) is 8.80. The number of halogens is 5. The molecular formula is C28H29F5O. The summed E-state index contributed by atoms with van der Waals surface area (Å²) in [5.74, 6) is -3.89. The summed E-state index contributed by atoms with van der Waals surface area (Å²) in [5.41, 5.74) is 2.91. The summed E-state index contributed by atoms with van der Waals surface area (Å²) in [7, 11) is 0. The Morgan fingerprint density at radius 3 is 2.41 bits per heavy atom. The minimum atomic E-state index is -5.15. The molecule has 0 spiro atoms. The van der Waals surface area contributed by atoms with Gasteiger partial charge in [-0.05, 0) is 77.1 Å². The molecule has 34 heavy (non-hydrogen) atoms. The quantitative estimate of drug-likeness (QED) is 0.233. The Morgan fingerprint density at radius 2 is 1.65 bits per heavy atom. The van der Waals surface area contributed by atoms with Gasteiger partial charge in [-0.25, -0.2) is 8.78 Å². The molecule has 0 saturated carbocycles. The average molecular weight is 477 g/mol. The van der Waals surface area contributed by atoms with Crippen molar-refractivity contribution in [3.05, 3.63) is 76.4 Å². The van der Waals surface area contributed by atoms with Gasteiger partial charge in [0, 0.05) is 0 Å². The summed E-state index contributed by atoms with van der Waals surface area (Å²) < 4.78 is 70.0. The second-order valence-corrected chi connectivity index (χ2v) is 9.23. The van der Waals surface area contributed by atoms with E-state index < -0.39 is 23.7 Å². The van der Waals surface area contributed by atoms with Crippen LogP contribution in [0.5, 0.6) is 5.75 Å². The van der Waals surface area contributed by atoms with E-state index in [0.717, 1.165) is 28.8 Å². The molecular weight excluding hydrogens is 447 g/mol. The highest BCUT2D eigenvalue weighted by atomic mass is 19.4. The van der Waals surface area contributed by atoms with Crippen LogP contribution in [0, 0.1) is 11.6 Å². The number of ether oxygens (including phenoxy) is 1. The van der Waals surface area contributed by atoms with Crippen molar-refractivity contribution in [1.29, 1.82) is 0 Å². The monoisotopic (exact) mass is 476 g/mol. The first-order valence-electron chi connectivity index (χ1n) is 12.0. The summed E-state index contributed by atoms with van der Waals surface area (Å²) >= 11 is 0. The molecule has 0 N–H and O–H groups in total. The Labute approximate surface area is 196 Å². The van der Waals surface area contributed by atoms with Crippen LogP contribution in [0.2, 0.25) is 0 Å². The number of alkyl halides is 3. The van der Waals surface area contributed by atoms with Gasteiger partial charge in [-0.15, -0.1) is 13.2 Å². The largest absolute Gasteiger partial charge is 0.573 e. The van der Waals surface area contributed by atoms with Gasteiger partial charge in [-0.1, -0.05) is 69.0 Å². The van der Waals surface area contributed by atoms with Crippen LogP contribution in [0.4, 0.5) is 22.0 Å². The highest BCUT2D eigenvalue weighted by Gasteiger charge is 2.36. The molecule has 1 nitrogen and oxygen atoms in total. The van der Waals surface area contributed by atoms with E-state index in [2.05, 4.69) is 48.1 Å². The first-order valence-corrected chi connectivity index (χ1v) is 12.0. The normalized spacial score (nSPS) is 16.0. The van der Waals surface area contributed by atoms with E-state index in [1.807, 2.05) is 0 Å². The van der Waals surface area contributed by atoms with Gasteiger partial charge >= 0.3 is 6.36 Å². The van der Waals surface area contributed by atoms with Crippen LogP contribution < -0.4 is 4.74 Å². The maximum atomic E-state index is 14.6. The van der Waals surface area contributed by atoms with Gasteiger partial charge in [0.1, 0.15) is 0 Å². The van der Waals surface area contributed by atoms with Crippen LogP contribution >= 0.6 is 0 Å². The van der Waals surface area contributed by atoms with Crippen LogP contribution in [0.1, 0.15) is 73.6 Å². The van der Waals surface area contributed by atoms with Gasteiger partial charge < -0.3 is 4.74 Å². The van der Waals surface area contributed by atoms with Gasteiger partial charge in [0.25, 0.3) is 0 Å². The highest BCUT2D eigenvalue weighted by molar-refractivity contribution is 5.84. The van der Waals surface area contributed by atoms with E-state index >= 15 is 0 Å². The Bertz CT molecular complexity index is 1150. The van der Waals surface area contributed by atoms with Crippen molar-refractivity contribution in [3.63, 3.8) is 0 Å². The molecule has 1 aliphatic carbocycles. The molecule has 182 valence electrons. The molecule has 6 heteroatoms. The van der Waals surface area contributed by atoms with Gasteiger partial charge in [0.05, 0.1) is 0 Å². The van der Waals surface area contributed by atoms with E-state index in [4.69, 9.17) is 0 Å². The standard InChI is InChI=1S/C28H29F5O/c1-2-3-4-5-6-7-18-8-9-20-15-21(11-10-19(20)14-18)22-12-13-24-23(16-22)17-25(29)27(26(24)30)34-28(31,32)33/h8-11,14-15,17,22H,2-7,12-13,16H2,1H3. The Kier molecular flexibility index (Phi) is 7.44. The van der Waals surface area contributed by atoms with Crippen molar-refractivity contribution in [2.75, 3.05) is 0 Å². The lowest BCUT2D eigenvalue weighted by Crippen LogP contribution is -2.21. The number of hydrogen-bond donors (Lipinski definition) is 0. The third kappa shape index (κ3) is 5.70. The third-order valence-electron chi connectivity index (χ3n) is 6.77. The molecule has 3 aromatic rings. The lowest BCUT2D eigenvalue weighted by atomic mass is 9.79. The lowest BCUT2D eigenvalue weighted by molar-refractivity contribution is -0.276. The SMILES string of the molecule is CCCCCCCc1ccc2cc(C3CCc4c(cc(F)c(OC(F)(F)F)c4F)C3)ccc2c1. The zero-order valence-corrected chi connectivity index (χ0v) is 19.3. The number of unbranched alkanes of at least 4 members (excludes halogenated alkanes) is 4. The molecule has 1 unspecified atom stereocenters. The van der Waals surface area contributed by atoms with Gasteiger partial charge in [-0.3, -0.25) is 0 Å². The minimum Gasteiger partial charge on any atom is -0.399 e. The second-order valence-electron chi connectivity index (χ2n) is 9.23. The van der Waals surface area contributed by atoms with E-state index in [-0.39, 0.29) is 17.9 Å². The molecule has 1 atom stereocenters. The van der Waals surface area contributed by atoms with Crippen molar-refractivity contribution >= 4 is 10.8 Å². The van der Waals surface area contributed by atoms with Crippen LogP contribution in [0.3, 0.4) is 0 Å². The van der Waals surface area contributed by atoms with E-state index in [0.29, 0.717) is 18.4 Å². The number of fused-ring (bicyclic) bond motifs is 2. The Hall–Kier alpha value is -2.63. The first-order chi connectivity index (χ1) is 16.2. The van der Waals surface area contributed by atoms with Crippen LogP contribution in [0.15, 0.2) is 42.5 Å². The number of rotatable bonds is 8. The molecule has 0 aromatic heterocycles. The molecule has 4 rings (SSSR count). The van der Waals surface area contributed by atoms with Crippen molar-refractivity contribution in [2.24, 2.45) is 0 Å². The number of hydrogen-bond acceptors (Lipinski definition) is 1. The molecule has 0 saturated heterocycles. The van der Waals surface area contributed by atoms with Gasteiger partial charge in [0.15, 0.2) is 11.6 Å². The first kappa shape index (κ1) is 24.5. The number of aryl methyl sites for hydroxylation is 1. The van der Waals surface area contributed by atoms with Crippen molar-refractivity contribution in [1.82, 2.24) is 0 Å². The average Bonchev–Trinajstić information content (AvgIpc) is 2.80. The smallest absolute Gasteiger partial charge is 0.399 e. The van der Waals surface area contributed by atoms with Crippen LogP contribution in [-0.2, 0) is 19.3 Å². The summed E-state index contributed by atoms with van der Waals surface area (Å²) in [6.45, 7) is 2.21. The summed E-state index contributed by atoms with van der Waals surface area (Å²) in [5, 5.41) is 2.28. The highest BCUT2D eigenvalue weighted by Crippen LogP contribution is 2.39. The van der Waals surface area contributed by atoms with Crippen LogP contribution in [-0.4, -0.2) is 6.36 Å². The fourth-order valence-corrected chi connectivity index (χ4v) is 4.98. The molecule has 0 bridgehead atoms. The molecule has 0 radical (unpaired) electrons. The summed E-state index contributed by atoms with van der Waals surface area (Å²) in [4.78, 5) is 0. The van der Waals surface area contributed by atoms with Gasteiger partial charge in [0.2, 0.25) is 5.75 Å². The fraction of sp³-hybridized carbons (Fsp3) is 0.429. The Balaban J connectivity index is 1.49. The molecule has 0 heterocycles. The minimum absolute atomic E-state index is 0.0447. The molecule has 0 fully saturated rings. The fourth-order valence-electron chi connectivity index (χ4n) is 4.98. The predicted molar refractivity (Wildman–Crippen MR) is 124 cm³/mol. The van der Waals surface area contributed by atoms with Crippen molar-refractivity contribution < 1.29 is 26.7 Å². The summed E-state index contributed by atoms with van der Waals surface area (Å²) in [6, 6.07) is 13.7. The molecule has 0 aliphatic heterocycles. The second kappa shape index (κ2) is 10.3. The van der Waals surface area contributed by atoms with E-state index in [9.17, 15) is 22.0 Å². The van der Waals surface area contributed by atoms with Crippen molar-refractivity contribution in [3.8, 4) is 5.75 Å². The van der Waals surface area contributed by atoms with Gasteiger partial charge in [-0.2, -0.15) is 0 Å². The maximum absolute atomic E-state index is 14.6. The Morgan fingerprint density at radius 1 is 0.912 bits per heavy atom. The maximum Gasteiger partial charge on any atom is 0.573 e.